The molecule has 4 aromatic rings. The van der Waals surface area contributed by atoms with Crippen LogP contribution in [0.1, 0.15) is 37.7 Å². The van der Waals surface area contributed by atoms with Gasteiger partial charge in [0.15, 0.2) is 14.8 Å². The lowest BCUT2D eigenvalue weighted by Gasteiger charge is -2.38. The molecule has 0 radical (unpaired) electrons. The monoisotopic (exact) mass is 642 g/mol. The van der Waals surface area contributed by atoms with Gasteiger partial charge in [-0.1, -0.05) is 24.1 Å². The van der Waals surface area contributed by atoms with Crippen LogP contribution in [0, 0.1) is 12.3 Å². The van der Waals surface area contributed by atoms with E-state index in [0.717, 1.165) is 52.2 Å². The van der Waals surface area contributed by atoms with E-state index in [1.807, 2.05) is 36.4 Å². The molecule has 0 amide bonds. The first-order valence-corrected chi connectivity index (χ1v) is 17.5. The highest BCUT2D eigenvalue weighted by Gasteiger charge is 2.51. The summed E-state index contributed by atoms with van der Waals surface area (Å²) in [6, 6.07) is 15.1. The smallest absolute Gasteiger partial charge is 0.319 e. The van der Waals surface area contributed by atoms with Gasteiger partial charge in [-0.3, -0.25) is 4.90 Å². The largest absolute Gasteiger partial charge is 0.508 e. The number of halogens is 1. The van der Waals surface area contributed by atoms with E-state index in [1.54, 1.807) is 12.1 Å². The lowest BCUT2D eigenvalue weighted by atomic mass is 9.93. The van der Waals surface area contributed by atoms with Crippen LogP contribution in [-0.4, -0.2) is 90.2 Å². The molecule has 4 fully saturated rings. The van der Waals surface area contributed by atoms with E-state index in [9.17, 15) is 17.9 Å². The topological polar surface area (TPSA) is 105 Å². The predicted octanol–water partition coefficient (Wildman–Crippen LogP) is 4.83. The Kier molecular flexibility index (Phi) is 6.90. The van der Waals surface area contributed by atoms with Crippen LogP contribution < -0.4 is 9.64 Å². The molecular formula is C35H35FN4O5S. The van der Waals surface area contributed by atoms with E-state index in [1.165, 1.54) is 0 Å². The van der Waals surface area contributed by atoms with Crippen molar-refractivity contribution < 1.29 is 27.4 Å². The molecular weight excluding hydrogens is 607 g/mol. The van der Waals surface area contributed by atoms with E-state index < -0.39 is 20.9 Å². The number of rotatable bonds is 5. The van der Waals surface area contributed by atoms with Crippen LogP contribution in [-0.2, 0) is 14.6 Å². The summed E-state index contributed by atoms with van der Waals surface area (Å²) in [5.41, 5.74) is 2.57. The lowest BCUT2D eigenvalue weighted by molar-refractivity contribution is 0.0285. The van der Waals surface area contributed by atoms with Crippen LogP contribution >= 0.6 is 0 Å². The summed E-state index contributed by atoms with van der Waals surface area (Å²) in [5.74, 6) is 3.59. The number of hydrogen-bond donors (Lipinski definition) is 1. The molecule has 11 heteroatoms. The van der Waals surface area contributed by atoms with E-state index >= 15 is 0 Å². The highest BCUT2D eigenvalue weighted by atomic mass is 32.2. The minimum atomic E-state index is -3.34. The summed E-state index contributed by atoms with van der Waals surface area (Å²) in [6.07, 6.45) is 7.98. The van der Waals surface area contributed by atoms with Gasteiger partial charge in [0.05, 0.1) is 23.4 Å². The van der Waals surface area contributed by atoms with E-state index in [2.05, 4.69) is 15.7 Å². The molecule has 8 rings (SSSR count). The number of sulfone groups is 1. The second kappa shape index (κ2) is 10.8. The number of fused-ring (bicyclic) bond motifs is 3. The molecule has 0 saturated carbocycles. The van der Waals surface area contributed by atoms with Crippen molar-refractivity contribution in [2.45, 2.75) is 48.7 Å². The Morgan fingerprint density at radius 3 is 2.74 bits per heavy atom. The highest BCUT2D eigenvalue weighted by Crippen LogP contribution is 2.43. The normalized spacial score (nSPS) is 25.3. The van der Waals surface area contributed by atoms with Crippen molar-refractivity contribution >= 4 is 37.3 Å². The average molecular weight is 643 g/mol. The Labute approximate surface area is 267 Å². The zero-order chi connectivity index (χ0) is 31.7. The Morgan fingerprint density at radius 2 is 1.96 bits per heavy atom. The van der Waals surface area contributed by atoms with Gasteiger partial charge >= 0.3 is 6.01 Å². The minimum absolute atomic E-state index is 0.0494. The molecule has 1 aromatic heterocycles. The zero-order valence-electron chi connectivity index (χ0n) is 25.4. The van der Waals surface area contributed by atoms with E-state index in [4.69, 9.17) is 25.9 Å². The third-order valence-corrected chi connectivity index (χ3v) is 12.8. The second-order valence-electron chi connectivity index (χ2n) is 13.0. The molecule has 3 aromatic carbocycles. The number of nitrogens with zero attached hydrogens (tertiary/aromatic N) is 4. The van der Waals surface area contributed by atoms with Crippen molar-refractivity contribution in [3.05, 3.63) is 54.1 Å². The first kappa shape index (κ1) is 29.4. The number of phenols is 1. The van der Waals surface area contributed by atoms with Crippen LogP contribution in [0.5, 0.6) is 11.8 Å². The van der Waals surface area contributed by atoms with Crippen molar-refractivity contribution in [1.82, 2.24) is 14.9 Å². The van der Waals surface area contributed by atoms with Crippen LogP contribution in [0.25, 0.3) is 32.8 Å². The third-order valence-electron chi connectivity index (χ3n) is 10.4. The van der Waals surface area contributed by atoms with Crippen molar-refractivity contribution in [3.63, 3.8) is 0 Å². The molecule has 0 aliphatic carbocycles. The van der Waals surface area contributed by atoms with Gasteiger partial charge < -0.3 is 19.5 Å². The number of benzene rings is 3. The molecule has 238 valence electrons. The van der Waals surface area contributed by atoms with Crippen LogP contribution in [0.2, 0.25) is 0 Å². The molecule has 2 atom stereocenters. The van der Waals surface area contributed by atoms with Gasteiger partial charge in [0.1, 0.15) is 24.3 Å². The molecule has 1 spiro atoms. The van der Waals surface area contributed by atoms with Crippen LogP contribution in [0.15, 0.2) is 48.5 Å². The molecule has 4 aliphatic heterocycles. The van der Waals surface area contributed by atoms with Gasteiger partial charge in [0.2, 0.25) is 0 Å². The van der Waals surface area contributed by atoms with Crippen molar-refractivity contribution in [1.29, 1.82) is 0 Å². The zero-order valence-corrected chi connectivity index (χ0v) is 26.2. The number of anilines is 1. The van der Waals surface area contributed by atoms with Crippen molar-refractivity contribution in [3.8, 4) is 35.2 Å². The second-order valence-corrected chi connectivity index (χ2v) is 15.4. The summed E-state index contributed by atoms with van der Waals surface area (Å²) >= 11 is 0. The predicted molar refractivity (Wildman–Crippen MR) is 175 cm³/mol. The van der Waals surface area contributed by atoms with Gasteiger partial charge in [0.25, 0.3) is 0 Å². The van der Waals surface area contributed by atoms with Gasteiger partial charge in [-0.05, 0) is 66.2 Å². The number of ether oxygens (including phenoxy) is 2. The van der Waals surface area contributed by atoms with Crippen LogP contribution in [0.3, 0.4) is 0 Å². The average Bonchev–Trinajstić information content (AvgIpc) is 3.67. The van der Waals surface area contributed by atoms with Crippen LogP contribution in [0.4, 0.5) is 10.2 Å². The lowest BCUT2D eigenvalue weighted by Crippen LogP contribution is -2.48. The first-order valence-electron chi connectivity index (χ1n) is 15.9. The van der Waals surface area contributed by atoms with Gasteiger partial charge in [-0.15, -0.1) is 6.42 Å². The maximum atomic E-state index is 14.5. The molecule has 4 saturated heterocycles. The third kappa shape index (κ3) is 4.69. The summed E-state index contributed by atoms with van der Waals surface area (Å²) in [7, 11) is -3.34. The van der Waals surface area contributed by atoms with E-state index in [-0.39, 0.29) is 36.3 Å². The Hall–Kier alpha value is -3.98. The van der Waals surface area contributed by atoms with Gasteiger partial charge in [-0.25, -0.2) is 12.8 Å². The minimum Gasteiger partial charge on any atom is -0.508 e. The number of hydrogen-bond acceptors (Lipinski definition) is 9. The van der Waals surface area contributed by atoms with E-state index in [0.29, 0.717) is 50.2 Å². The molecule has 0 bridgehead atoms. The maximum absolute atomic E-state index is 14.5. The summed E-state index contributed by atoms with van der Waals surface area (Å²) in [6.45, 7) is 2.68. The molecule has 0 unspecified atom stereocenters. The number of phenolic OH excluding ortho intramolecular Hbond substituents is 1. The van der Waals surface area contributed by atoms with Gasteiger partial charge in [-0.2, -0.15) is 9.97 Å². The van der Waals surface area contributed by atoms with Crippen molar-refractivity contribution in [2.24, 2.45) is 0 Å². The SMILES string of the molecule is C#Cc1cccc2cc(O)cc(-c3ccc4c(N5CCC6(CC5)OCCS6(=O)=O)nc(OC[C@@]56CCCN5C[C@H](F)C6)nc4c3)c12. The highest BCUT2D eigenvalue weighted by molar-refractivity contribution is 7.92. The molecule has 46 heavy (non-hydrogen) atoms. The number of terminal acetylenes is 1. The Balaban J connectivity index is 1.21. The summed E-state index contributed by atoms with van der Waals surface area (Å²) in [4.78, 5) is 12.9. The quantitative estimate of drug-likeness (QED) is 0.307. The number of aromatic nitrogens is 2. The number of aromatic hydroxyl groups is 1. The summed E-state index contributed by atoms with van der Waals surface area (Å²) in [5, 5.41) is 13.1. The maximum Gasteiger partial charge on any atom is 0.319 e. The fourth-order valence-corrected chi connectivity index (χ4v) is 9.84. The van der Waals surface area contributed by atoms with Gasteiger partial charge in [0, 0.05) is 55.2 Å². The molecule has 1 N–H and O–H groups in total. The number of piperidine rings is 1. The fraction of sp³-hybridized carbons (Fsp3) is 0.429. The van der Waals surface area contributed by atoms with Crippen molar-refractivity contribution in [2.75, 3.05) is 50.0 Å². The molecule has 5 heterocycles. The summed E-state index contributed by atoms with van der Waals surface area (Å²) < 4.78 is 52.4. The Morgan fingerprint density at radius 1 is 1.11 bits per heavy atom. The Bertz CT molecular complexity index is 2020. The first-order chi connectivity index (χ1) is 22.2. The molecule has 9 nitrogen and oxygen atoms in total. The standard InChI is InChI=1S/C35H35FN4O5S/c1-2-23-5-3-6-25-17-27(41)19-29(31(23)25)24-7-8-28-30(18-24)37-33(44-22-34-9-4-12-40(34)21-26(36)20-34)38-32(28)39-13-10-35(11-14-39)45-15-16-46(35,42)43/h1,3,5-8,17-19,26,41H,4,9-16,20-22H2/t26-,34+/m1/s1. The number of alkyl halides is 1. The molecule has 4 aliphatic rings. The fourth-order valence-electron chi connectivity index (χ4n) is 8.10.